The lowest BCUT2D eigenvalue weighted by atomic mass is 9.88. The minimum Gasteiger partial charge on any atom is -0.481 e. The van der Waals surface area contributed by atoms with E-state index in [2.05, 4.69) is 50.7 Å². The SMILES string of the molecule is COc1nc(-c2cccc(-c3ccc(-n4ccc(C)c4CN4CC5(CCC(=O)N5)C4)cc3Cl)c2Cl)ccc1CNC[C@@H]1CCC(=O)N1. The molecule has 0 radical (unpaired) electrons. The highest BCUT2D eigenvalue weighted by Gasteiger charge is 2.47. The molecular formula is C36H38Cl2N6O3. The fraction of sp³-hybridized carbons (Fsp3) is 0.361. The second-order valence-corrected chi connectivity index (χ2v) is 13.7. The van der Waals surface area contributed by atoms with Gasteiger partial charge in [-0.2, -0.15) is 0 Å². The van der Waals surface area contributed by atoms with Gasteiger partial charge in [-0.25, -0.2) is 4.98 Å². The predicted octanol–water partition coefficient (Wildman–Crippen LogP) is 5.66. The molecule has 0 bridgehead atoms. The van der Waals surface area contributed by atoms with E-state index < -0.39 is 0 Å². The number of carbonyl (C=O) groups excluding carboxylic acids is 2. The lowest BCUT2D eigenvalue weighted by Crippen LogP contribution is -2.66. The van der Waals surface area contributed by atoms with Gasteiger partial charge in [0, 0.05) is 91.4 Å². The van der Waals surface area contributed by atoms with E-state index in [1.54, 1.807) is 7.11 Å². The van der Waals surface area contributed by atoms with E-state index in [-0.39, 0.29) is 23.4 Å². The van der Waals surface area contributed by atoms with Gasteiger partial charge in [-0.1, -0.05) is 53.5 Å². The van der Waals surface area contributed by atoms with Crippen LogP contribution < -0.4 is 20.7 Å². The second-order valence-electron chi connectivity index (χ2n) is 12.9. The van der Waals surface area contributed by atoms with E-state index in [1.165, 1.54) is 11.3 Å². The molecule has 2 aromatic heterocycles. The number of benzene rings is 2. The van der Waals surface area contributed by atoms with Crippen molar-refractivity contribution in [3.05, 3.63) is 87.7 Å². The quantitative estimate of drug-likeness (QED) is 0.201. The average Bonchev–Trinajstić information content (AvgIpc) is 3.75. The van der Waals surface area contributed by atoms with Crippen LogP contribution in [0.2, 0.25) is 10.0 Å². The molecule has 2 aromatic carbocycles. The first-order valence-corrected chi connectivity index (χ1v) is 16.8. The molecule has 1 spiro atoms. The zero-order chi connectivity index (χ0) is 32.7. The number of halogens is 2. The Bertz CT molecular complexity index is 1850. The van der Waals surface area contributed by atoms with E-state index in [0.717, 1.165) is 60.4 Å². The van der Waals surface area contributed by atoms with E-state index in [4.69, 9.17) is 32.9 Å². The number of rotatable bonds is 10. The third-order valence-electron chi connectivity index (χ3n) is 9.60. The largest absolute Gasteiger partial charge is 0.481 e. The summed E-state index contributed by atoms with van der Waals surface area (Å²) in [7, 11) is 1.61. The zero-order valence-corrected chi connectivity index (χ0v) is 28.0. The average molecular weight is 674 g/mol. The van der Waals surface area contributed by atoms with Gasteiger partial charge in [-0.05, 0) is 49.6 Å². The number of aromatic nitrogens is 2. The van der Waals surface area contributed by atoms with Crippen molar-refractivity contribution >= 4 is 35.0 Å². The normalized spacial score (nSPS) is 18.8. The van der Waals surface area contributed by atoms with Gasteiger partial charge in [0.2, 0.25) is 17.7 Å². The number of hydrogen-bond acceptors (Lipinski definition) is 6. The van der Waals surface area contributed by atoms with Gasteiger partial charge in [0.1, 0.15) is 0 Å². The zero-order valence-electron chi connectivity index (χ0n) is 26.5. The number of nitrogens with zero attached hydrogens (tertiary/aromatic N) is 3. The Morgan fingerprint density at radius 1 is 1.02 bits per heavy atom. The van der Waals surface area contributed by atoms with Crippen molar-refractivity contribution in [2.45, 2.75) is 57.3 Å². The minimum atomic E-state index is -0.0445. The van der Waals surface area contributed by atoms with E-state index in [1.807, 2.05) is 42.5 Å². The molecule has 0 unspecified atom stereocenters. The summed E-state index contributed by atoms with van der Waals surface area (Å²) in [4.78, 5) is 30.4. The highest BCUT2D eigenvalue weighted by Crippen LogP contribution is 2.40. The molecule has 11 heteroatoms. The minimum absolute atomic E-state index is 0.0445. The van der Waals surface area contributed by atoms with Crippen molar-refractivity contribution in [3.8, 4) is 34.0 Å². The van der Waals surface area contributed by atoms with Gasteiger partial charge in [0.05, 0.1) is 28.4 Å². The number of carbonyl (C=O) groups is 2. The molecule has 7 rings (SSSR count). The second kappa shape index (κ2) is 13.0. The highest BCUT2D eigenvalue weighted by molar-refractivity contribution is 6.38. The Hall–Kier alpha value is -3.89. The molecule has 244 valence electrons. The Morgan fingerprint density at radius 2 is 1.85 bits per heavy atom. The number of methoxy groups -OCH3 is 1. The Labute approximate surface area is 284 Å². The van der Waals surface area contributed by atoms with Crippen molar-refractivity contribution in [2.24, 2.45) is 0 Å². The lowest BCUT2D eigenvalue weighted by molar-refractivity contribution is -0.121. The fourth-order valence-electron chi connectivity index (χ4n) is 7.10. The summed E-state index contributed by atoms with van der Waals surface area (Å²) in [5.74, 6) is 0.791. The number of ether oxygens (including phenoxy) is 1. The number of pyridine rings is 1. The monoisotopic (exact) mass is 672 g/mol. The molecule has 3 saturated heterocycles. The van der Waals surface area contributed by atoms with Crippen molar-refractivity contribution in [2.75, 3.05) is 26.7 Å². The number of nitrogens with one attached hydrogen (secondary N) is 3. The van der Waals surface area contributed by atoms with Crippen molar-refractivity contribution in [1.82, 2.24) is 30.4 Å². The van der Waals surface area contributed by atoms with Crippen LogP contribution >= 0.6 is 23.2 Å². The van der Waals surface area contributed by atoms with Crippen LogP contribution in [0.1, 0.15) is 42.5 Å². The van der Waals surface area contributed by atoms with Gasteiger partial charge in [-0.15, -0.1) is 0 Å². The maximum absolute atomic E-state index is 11.8. The summed E-state index contributed by atoms with van der Waals surface area (Å²) < 4.78 is 7.84. The van der Waals surface area contributed by atoms with Crippen LogP contribution in [-0.2, 0) is 22.7 Å². The van der Waals surface area contributed by atoms with Crippen LogP contribution in [0, 0.1) is 6.92 Å². The Morgan fingerprint density at radius 3 is 2.57 bits per heavy atom. The topological polar surface area (TPSA) is 101 Å². The van der Waals surface area contributed by atoms with E-state index in [9.17, 15) is 9.59 Å². The number of hydrogen-bond donors (Lipinski definition) is 3. The summed E-state index contributed by atoms with van der Waals surface area (Å²) in [5.41, 5.74) is 7.41. The Balaban J connectivity index is 1.08. The summed E-state index contributed by atoms with van der Waals surface area (Å²) in [5, 5.41) is 10.7. The van der Waals surface area contributed by atoms with Crippen LogP contribution in [0.3, 0.4) is 0 Å². The molecule has 5 heterocycles. The first kappa shape index (κ1) is 31.7. The summed E-state index contributed by atoms with van der Waals surface area (Å²) >= 11 is 14.0. The van der Waals surface area contributed by atoms with Gasteiger partial charge >= 0.3 is 0 Å². The molecule has 0 saturated carbocycles. The van der Waals surface area contributed by atoms with Crippen LogP contribution in [0.25, 0.3) is 28.1 Å². The van der Waals surface area contributed by atoms with Crippen molar-refractivity contribution < 1.29 is 14.3 Å². The van der Waals surface area contributed by atoms with Gasteiger partial charge in [-0.3, -0.25) is 14.5 Å². The van der Waals surface area contributed by atoms with Gasteiger partial charge < -0.3 is 25.3 Å². The lowest BCUT2D eigenvalue weighted by Gasteiger charge is -2.48. The predicted molar refractivity (Wildman–Crippen MR) is 184 cm³/mol. The maximum atomic E-state index is 11.8. The molecule has 3 aliphatic heterocycles. The molecule has 3 fully saturated rings. The molecule has 2 amide bonds. The molecule has 4 aromatic rings. The van der Waals surface area contributed by atoms with Crippen LogP contribution in [0.5, 0.6) is 5.88 Å². The van der Waals surface area contributed by atoms with Crippen molar-refractivity contribution in [3.63, 3.8) is 0 Å². The molecule has 3 N–H and O–H groups in total. The first-order chi connectivity index (χ1) is 22.7. The third-order valence-corrected chi connectivity index (χ3v) is 10.3. The fourth-order valence-corrected chi connectivity index (χ4v) is 7.70. The van der Waals surface area contributed by atoms with Crippen LogP contribution in [-0.4, -0.2) is 64.6 Å². The summed E-state index contributed by atoms with van der Waals surface area (Å²) in [6, 6.07) is 18.2. The van der Waals surface area contributed by atoms with Gasteiger partial charge in [0.25, 0.3) is 0 Å². The first-order valence-electron chi connectivity index (χ1n) is 16.1. The van der Waals surface area contributed by atoms with Crippen LogP contribution in [0.4, 0.5) is 0 Å². The van der Waals surface area contributed by atoms with Crippen LogP contribution in [0.15, 0.2) is 60.8 Å². The Kier molecular flexibility index (Phi) is 8.74. The third kappa shape index (κ3) is 6.37. The van der Waals surface area contributed by atoms with Gasteiger partial charge in [0.15, 0.2) is 0 Å². The summed E-state index contributed by atoms with van der Waals surface area (Å²) in [6.07, 6.45) is 5.05. The smallest absolute Gasteiger partial charge is 0.220 e. The van der Waals surface area contributed by atoms with Crippen molar-refractivity contribution in [1.29, 1.82) is 0 Å². The molecule has 0 aliphatic carbocycles. The number of likely N-dealkylation sites (tertiary alicyclic amines) is 1. The number of amides is 2. The molecular weight excluding hydrogens is 635 g/mol. The molecule has 9 nitrogen and oxygen atoms in total. The highest BCUT2D eigenvalue weighted by atomic mass is 35.5. The van der Waals surface area contributed by atoms with E-state index in [0.29, 0.717) is 47.6 Å². The standard InChI is InChI=1S/C36H38Cl2N6O3/c1-22-13-15-44(31(22)19-43-20-36(21-43)14-12-33(46)42-36)25-8-9-26(29(37)16-25)27-4-3-5-28(34(27)38)30-10-6-23(35(41-30)47-2)17-39-18-24-7-11-32(45)40-24/h3-6,8-10,13,15-16,24,39H,7,11-12,14,17-21H2,1-2H3,(H,40,45)(H,42,46)/t24-/m0/s1. The summed E-state index contributed by atoms with van der Waals surface area (Å²) in [6.45, 7) is 5.93. The number of aryl methyl sites for hydroxylation is 1. The maximum Gasteiger partial charge on any atom is 0.220 e. The van der Waals surface area contributed by atoms with E-state index >= 15 is 0 Å². The molecule has 3 aliphatic rings. The molecule has 47 heavy (non-hydrogen) atoms. The molecule has 1 atom stereocenters.